The van der Waals surface area contributed by atoms with E-state index in [2.05, 4.69) is 0 Å². The van der Waals surface area contributed by atoms with Crippen LogP contribution in [-0.4, -0.2) is 10.0 Å². The number of aliphatic hydroxyl groups excluding tert-OH is 1. The lowest BCUT2D eigenvalue weighted by Crippen LogP contribution is -1.97. The Balaban J connectivity index is 2.34. The van der Waals surface area contributed by atoms with Crippen LogP contribution in [0.4, 0.5) is 5.69 Å². The van der Waals surface area contributed by atoms with Gasteiger partial charge in [-0.25, -0.2) is 0 Å². The van der Waals surface area contributed by atoms with Crippen molar-refractivity contribution in [3.05, 3.63) is 63.7 Å². The summed E-state index contributed by atoms with van der Waals surface area (Å²) in [5, 5.41) is 29.3. The van der Waals surface area contributed by atoms with E-state index in [1.807, 2.05) is 6.07 Å². The Hall–Kier alpha value is -2.91. The number of benzene rings is 2. The molecule has 2 rings (SSSR count). The molecular formula is C15H12N2O4. The van der Waals surface area contributed by atoms with Crippen molar-refractivity contribution in [1.29, 1.82) is 5.26 Å². The normalized spacial score (nSPS) is 11.5. The molecule has 0 aliphatic heterocycles. The molecule has 6 nitrogen and oxygen atoms in total. The van der Waals surface area contributed by atoms with Crippen LogP contribution < -0.4 is 4.74 Å². The number of nitro groups is 1. The average Bonchev–Trinajstić information content (AvgIpc) is 2.48. The van der Waals surface area contributed by atoms with E-state index >= 15 is 0 Å². The van der Waals surface area contributed by atoms with Gasteiger partial charge in [-0.1, -0.05) is 6.07 Å². The van der Waals surface area contributed by atoms with E-state index in [0.29, 0.717) is 16.9 Å². The molecule has 0 heterocycles. The van der Waals surface area contributed by atoms with Crippen molar-refractivity contribution >= 4 is 5.69 Å². The molecule has 0 fully saturated rings. The molecule has 1 N–H and O–H groups in total. The van der Waals surface area contributed by atoms with E-state index in [1.165, 1.54) is 19.1 Å². The van der Waals surface area contributed by atoms with Gasteiger partial charge < -0.3 is 9.84 Å². The maximum absolute atomic E-state index is 11.1. The quantitative estimate of drug-likeness (QED) is 0.686. The first-order valence-electron chi connectivity index (χ1n) is 6.15. The number of ether oxygens (including phenoxy) is 1. The fourth-order valence-corrected chi connectivity index (χ4v) is 1.75. The zero-order valence-electron chi connectivity index (χ0n) is 11.2. The van der Waals surface area contributed by atoms with Crippen molar-refractivity contribution in [2.45, 2.75) is 13.0 Å². The number of nitriles is 1. The Morgan fingerprint density at radius 3 is 2.48 bits per heavy atom. The highest BCUT2D eigenvalue weighted by Crippen LogP contribution is 2.33. The minimum absolute atomic E-state index is 0.0779. The third-order valence-electron chi connectivity index (χ3n) is 2.87. The van der Waals surface area contributed by atoms with Gasteiger partial charge in [0.15, 0.2) is 0 Å². The number of hydrogen-bond acceptors (Lipinski definition) is 5. The Morgan fingerprint density at radius 2 is 1.95 bits per heavy atom. The van der Waals surface area contributed by atoms with Crippen LogP contribution in [0.25, 0.3) is 0 Å². The molecule has 0 spiro atoms. The van der Waals surface area contributed by atoms with E-state index in [-0.39, 0.29) is 11.4 Å². The summed E-state index contributed by atoms with van der Waals surface area (Å²) in [6.45, 7) is 1.53. The van der Waals surface area contributed by atoms with Gasteiger partial charge in [0.2, 0.25) is 5.75 Å². The van der Waals surface area contributed by atoms with Gasteiger partial charge in [-0.15, -0.1) is 0 Å². The first-order valence-corrected chi connectivity index (χ1v) is 6.15. The lowest BCUT2D eigenvalue weighted by molar-refractivity contribution is -0.385. The topological polar surface area (TPSA) is 96.4 Å². The minimum Gasteiger partial charge on any atom is -0.450 e. The maximum Gasteiger partial charge on any atom is 0.311 e. The summed E-state index contributed by atoms with van der Waals surface area (Å²) in [7, 11) is 0. The first kappa shape index (κ1) is 14.5. The Bertz CT molecular complexity index is 703. The van der Waals surface area contributed by atoms with Crippen LogP contribution in [0.3, 0.4) is 0 Å². The molecule has 21 heavy (non-hydrogen) atoms. The summed E-state index contributed by atoms with van der Waals surface area (Å²) in [5.41, 5.74) is 0.688. The fraction of sp³-hybridized carbons (Fsp3) is 0.133. The number of nitro benzene ring substituents is 1. The molecule has 1 atom stereocenters. The highest BCUT2D eigenvalue weighted by molar-refractivity contribution is 5.51. The van der Waals surface area contributed by atoms with Crippen LogP contribution in [0, 0.1) is 21.4 Å². The van der Waals surface area contributed by atoms with E-state index in [1.54, 1.807) is 30.3 Å². The zero-order chi connectivity index (χ0) is 15.4. The Kier molecular flexibility index (Phi) is 4.16. The predicted octanol–water partition coefficient (Wildman–Crippen LogP) is 3.31. The number of nitrogens with zero attached hydrogens (tertiary/aromatic N) is 2. The molecular weight excluding hydrogens is 272 g/mol. The van der Waals surface area contributed by atoms with Crippen LogP contribution in [0.15, 0.2) is 42.5 Å². The summed E-state index contributed by atoms with van der Waals surface area (Å²) in [6.07, 6.45) is -0.798. The summed E-state index contributed by atoms with van der Waals surface area (Å²) in [6, 6.07) is 12.5. The average molecular weight is 284 g/mol. The Morgan fingerprint density at radius 1 is 1.29 bits per heavy atom. The van der Waals surface area contributed by atoms with Crippen LogP contribution in [0.5, 0.6) is 11.5 Å². The van der Waals surface area contributed by atoms with Gasteiger partial charge in [-0.3, -0.25) is 10.1 Å². The second-order valence-corrected chi connectivity index (χ2v) is 4.40. The molecule has 6 heteroatoms. The van der Waals surface area contributed by atoms with Crippen LogP contribution >= 0.6 is 0 Å². The number of rotatable bonds is 4. The third kappa shape index (κ3) is 3.35. The van der Waals surface area contributed by atoms with Gasteiger partial charge >= 0.3 is 5.69 Å². The molecule has 106 valence electrons. The second kappa shape index (κ2) is 6.03. The molecule has 2 aromatic carbocycles. The largest absolute Gasteiger partial charge is 0.450 e. The predicted molar refractivity (Wildman–Crippen MR) is 75.0 cm³/mol. The molecule has 0 radical (unpaired) electrons. The minimum atomic E-state index is -0.798. The molecule has 2 aromatic rings. The summed E-state index contributed by atoms with van der Waals surface area (Å²) in [5.74, 6) is 0.469. The lowest BCUT2D eigenvalue weighted by atomic mass is 10.1. The second-order valence-electron chi connectivity index (χ2n) is 4.40. The van der Waals surface area contributed by atoms with Crippen LogP contribution in [-0.2, 0) is 0 Å². The molecule has 0 amide bonds. The van der Waals surface area contributed by atoms with Crippen LogP contribution in [0.1, 0.15) is 24.2 Å². The SMILES string of the molecule is C[C@@H](O)c1ccc(Oc2ccc(C#N)cc2)c([N+](=O)[O-])c1. The first-order chi connectivity index (χ1) is 10.0. The van der Waals surface area contributed by atoms with E-state index in [9.17, 15) is 15.2 Å². The third-order valence-corrected chi connectivity index (χ3v) is 2.87. The highest BCUT2D eigenvalue weighted by Gasteiger charge is 2.18. The van der Waals surface area contributed by atoms with Crippen molar-refractivity contribution in [3.63, 3.8) is 0 Å². The smallest absolute Gasteiger partial charge is 0.311 e. The highest BCUT2D eigenvalue weighted by atomic mass is 16.6. The van der Waals surface area contributed by atoms with Crippen molar-refractivity contribution in [1.82, 2.24) is 0 Å². The number of aliphatic hydroxyl groups is 1. The lowest BCUT2D eigenvalue weighted by Gasteiger charge is -2.09. The summed E-state index contributed by atoms with van der Waals surface area (Å²) in [4.78, 5) is 10.5. The standard InChI is InChI=1S/C15H12N2O4/c1-10(18)12-4-7-15(14(8-12)17(19)20)21-13-5-2-11(9-16)3-6-13/h2-8,10,18H,1H3/t10-/m1/s1. The van der Waals surface area contributed by atoms with Crippen molar-refractivity contribution in [2.24, 2.45) is 0 Å². The van der Waals surface area contributed by atoms with Crippen LogP contribution in [0.2, 0.25) is 0 Å². The summed E-state index contributed by atoms with van der Waals surface area (Å²) < 4.78 is 5.47. The molecule has 0 saturated heterocycles. The molecule has 0 unspecified atom stereocenters. The van der Waals surface area contributed by atoms with Crippen molar-refractivity contribution < 1.29 is 14.8 Å². The van der Waals surface area contributed by atoms with Gasteiger partial charge in [0, 0.05) is 6.07 Å². The molecule has 0 aliphatic rings. The van der Waals surface area contributed by atoms with Gasteiger partial charge in [0.05, 0.1) is 22.7 Å². The van der Waals surface area contributed by atoms with E-state index < -0.39 is 11.0 Å². The van der Waals surface area contributed by atoms with Crippen molar-refractivity contribution in [3.8, 4) is 17.6 Å². The van der Waals surface area contributed by atoms with E-state index in [4.69, 9.17) is 10.00 Å². The molecule has 0 bridgehead atoms. The molecule has 0 saturated carbocycles. The fourth-order valence-electron chi connectivity index (χ4n) is 1.75. The van der Waals surface area contributed by atoms with E-state index in [0.717, 1.165) is 0 Å². The molecule has 0 aliphatic carbocycles. The maximum atomic E-state index is 11.1. The van der Waals surface area contributed by atoms with Crippen molar-refractivity contribution in [2.75, 3.05) is 0 Å². The summed E-state index contributed by atoms with van der Waals surface area (Å²) >= 11 is 0. The van der Waals surface area contributed by atoms with Gasteiger partial charge in [0.1, 0.15) is 5.75 Å². The Labute approximate surface area is 121 Å². The van der Waals surface area contributed by atoms with Gasteiger partial charge in [-0.05, 0) is 42.8 Å². The zero-order valence-corrected chi connectivity index (χ0v) is 11.2. The monoisotopic (exact) mass is 284 g/mol. The molecule has 0 aromatic heterocycles. The van der Waals surface area contributed by atoms with Gasteiger partial charge in [-0.2, -0.15) is 5.26 Å². The number of hydrogen-bond donors (Lipinski definition) is 1. The van der Waals surface area contributed by atoms with Gasteiger partial charge in [0.25, 0.3) is 0 Å².